The van der Waals surface area contributed by atoms with Crippen molar-refractivity contribution < 1.29 is 9.32 Å². The minimum Gasteiger partial charge on any atom is -0.373 e. The fourth-order valence-electron chi connectivity index (χ4n) is 3.04. The van der Waals surface area contributed by atoms with Gasteiger partial charge in [0.25, 0.3) is 0 Å². The molecule has 134 valence electrons. The molecule has 2 aromatic rings. The summed E-state index contributed by atoms with van der Waals surface area (Å²) in [7, 11) is 2.05. The number of fused-ring (bicyclic) bond motifs is 1. The molecule has 25 heavy (non-hydrogen) atoms. The van der Waals surface area contributed by atoms with Crippen LogP contribution in [0.3, 0.4) is 0 Å². The van der Waals surface area contributed by atoms with Crippen molar-refractivity contribution in [1.82, 2.24) is 20.4 Å². The number of hydrogen-bond acceptors (Lipinski definition) is 5. The maximum absolute atomic E-state index is 12.9. The number of rotatable bonds is 3. The number of anilines is 1. The predicted octanol–water partition coefficient (Wildman–Crippen LogP) is 2.74. The number of nitrogens with zero attached hydrogens (tertiary/aromatic N) is 4. The number of hydrogen-bond donors (Lipinski definition) is 1. The first kappa shape index (κ1) is 17.3. The van der Waals surface area contributed by atoms with Crippen LogP contribution in [0.5, 0.6) is 0 Å². The van der Waals surface area contributed by atoms with Gasteiger partial charge in [-0.3, -0.25) is 0 Å². The highest BCUT2D eigenvalue weighted by atomic mass is 16.5. The summed E-state index contributed by atoms with van der Waals surface area (Å²) in [6.45, 7) is 7.85. The Morgan fingerprint density at radius 2 is 2.04 bits per heavy atom. The molecule has 1 atom stereocenters. The van der Waals surface area contributed by atoms with Crippen LogP contribution < -0.4 is 10.2 Å². The molecular formula is C18H25N5O2. The van der Waals surface area contributed by atoms with Gasteiger partial charge in [-0.25, -0.2) is 4.79 Å². The summed E-state index contributed by atoms with van der Waals surface area (Å²) in [6.07, 6.45) is 0. The number of amides is 2. The zero-order valence-electron chi connectivity index (χ0n) is 15.2. The van der Waals surface area contributed by atoms with Gasteiger partial charge in [-0.15, -0.1) is 0 Å². The number of aryl methyl sites for hydroxylation is 1. The van der Waals surface area contributed by atoms with E-state index in [0.29, 0.717) is 24.8 Å². The highest BCUT2D eigenvalue weighted by Crippen LogP contribution is 2.25. The molecule has 0 unspecified atom stereocenters. The van der Waals surface area contributed by atoms with Gasteiger partial charge >= 0.3 is 6.03 Å². The van der Waals surface area contributed by atoms with Crippen LogP contribution in [0.25, 0.3) is 0 Å². The van der Waals surface area contributed by atoms with Gasteiger partial charge in [-0.2, -0.15) is 4.98 Å². The molecule has 1 aromatic heterocycles. The summed E-state index contributed by atoms with van der Waals surface area (Å²) in [5, 5.41) is 6.90. The van der Waals surface area contributed by atoms with Crippen LogP contribution in [0.15, 0.2) is 28.8 Å². The lowest BCUT2D eigenvalue weighted by molar-refractivity contribution is 0.184. The van der Waals surface area contributed by atoms with Crippen LogP contribution in [0.2, 0.25) is 0 Å². The maximum atomic E-state index is 12.9. The maximum Gasteiger partial charge on any atom is 0.318 e. The molecule has 1 N–H and O–H groups in total. The molecule has 3 rings (SSSR count). The zero-order chi connectivity index (χ0) is 18.0. The molecule has 7 nitrogen and oxygen atoms in total. The molecule has 2 amide bonds. The first-order chi connectivity index (χ1) is 12.0. The summed E-state index contributed by atoms with van der Waals surface area (Å²) in [6, 6.07) is 7.78. The van der Waals surface area contributed by atoms with E-state index >= 15 is 0 Å². The molecule has 1 aliphatic heterocycles. The summed E-state index contributed by atoms with van der Waals surface area (Å²) < 4.78 is 5.27. The Balaban J connectivity index is 1.76. The number of nitrogens with one attached hydrogen (secondary N) is 1. The number of aromatic nitrogens is 2. The van der Waals surface area contributed by atoms with Crippen LogP contribution >= 0.6 is 0 Å². The molecule has 1 aliphatic rings. The highest BCUT2D eigenvalue weighted by molar-refractivity contribution is 5.75. The fraction of sp³-hybridized carbons (Fsp3) is 0.500. The van der Waals surface area contributed by atoms with Gasteiger partial charge in [0, 0.05) is 32.4 Å². The van der Waals surface area contributed by atoms with Crippen LogP contribution in [0, 0.1) is 12.8 Å². The fourth-order valence-corrected chi connectivity index (χ4v) is 3.04. The number of likely N-dealkylation sites (N-methyl/N-ethyl adjacent to an activating group) is 1. The van der Waals surface area contributed by atoms with E-state index in [2.05, 4.69) is 39.5 Å². The Labute approximate surface area is 148 Å². The van der Waals surface area contributed by atoms with Crippen LogP contribution in [-0.2, 0) is 6.54 Å². The van der Waals surface area contributed by atoms with Crippen LogP contribution in [0.1, 0.15) is 37.2 Å². The molecule has 0 spiro atoms. The van der Waals surface area contributed by atoms with E-state index in [-0.39, 0.29) is 18.0 Å². The van der Waals surface area contributed by atoms with E-state index in [0.717, 1.165) is 12.1 Å². The molecule has 0 radical (unpaired) electrons. The standard InChI is InChI=1S/C18H25N5O2/c1-12(2)16(17-19-13(3)21-25-17)20-18(24)23-10-9-22(4)15-8-6-5-7-14(15)11-23/h5-8,12,16H,9-11H2,1-4H3,(H,20,24)/t16-/m0/s1. The van der Waals surface area contributed by atoms with Crippen LogP contribution in [-0.4, -0.2) is 41.2 Å². The van der Waals surface area contributed by atoms with Crippen molar-refractivity contribution in [3.05, 3.63) is 41.5 Å². The molecule has 2 heterocycles. The minimum atomic E-state index is -0.301. The number of carbonyl (C=O) groups is 1. The Hall–Kier alpha value is -2.57. The normalized spacial score (nSPS) is 15.7. The third kappa shape index (κ3) is 3.75. The SMILES string of the molecule is Cc1noc([C@@H](NC(=O)N2CCN(C)c3ccccc3C2)C(C)C)n1. The topological polar surface area (TPSA) is 74.5 Å². The zero-order valence-corrected chi connectivity index (χ0v) is 15.2. The molecule has 0 aliphatic carbocycles. The molecular weight excluding hydrogens is 318 g/mol. The average Bonchev–Trinajstić information content (AvgIpc) is 2.93. The third-order valence-electron chi connectivity index (χ3n) is 4.51. The van der Waals surface area contributed by atoms with Crippen molar-refractivity contribution in [3.8, 4) is 0 Å². The summed E-state index contributed by atoms with van der Waals surface area (Å²) >= 11 is 0. The van der Waals surface area contributed by atoms with Gasteiger partial charge in [0.2, 0.25) is 5.89 Å². The second-order valence-corrected chi connectivity index (χ2v) is 6.82. The average molecular weight is 343 g/mol. The monoisotopic (exact) mass is 343 g/mol. The first-order valence-corrected chi connectivity index (χ1v) is 8.60. The van der Waals surface area contributed by atoms with Crippen LogP contribution in [0.4, 0.5) is 10.5 Å². The second kappa shape index (κ2) is 7.13. The highest BCUT2D eigenvalue weighted by Gasteiger charge is 2.28. The van der Waals surface area contributed by atoms with E-state index in [1.54, 1.807) is 6.92 Å². The molecule has 0 bridgehead atoms. The molecule has 7 heteroatoms. The number of urea groups is 1. The molecule has 0 fully saturated rings. The van der Waals surface area contributed by atoms with Crippen molar-refractivity contribution >= 4 is 11.7 Å². The third-order valence-corrected chi connectivity index (χ3v) is 4.51. The van der Waals surface area contributed by atoms with E-state index in [1.807, 2.05) is 30.9 Å². The molecule has 0 saturated carbocycles. The summed E-state index contributed by atoms with van der Waals surface area (Å²) in [4.78, 5) is 21.2. The molecule has 0 saturated heterocycles. The Bertz CT molecular complexity index is 743. The summed E-state index contributed by atoms with van der Waals surface area (Å²) in [5.41, 5.74) is 2.32. The Morgan fingerprint density at radius 3 is 2.72 bits per heavy atom. The van der Waals surface area contributed by atoms with Gasteiger partial charge in [-0.1, -0.05) is 37.2 Å². The largest absolute Gasteiger partial charge is 0.373 e. The number of carbonyl (C=O) groups excluding carboxylic acids is 1. The quantitative estimate of drug-likeness (QED) is 0.927. The Kier molecular flexibility index (Phi) is 4.92. The lowest BCUT2D eigenvalue weighted by Crippen LogP contribution is -2.44. The lowest BCUT2D eigenvalue weighted by atomic mass is 10.0. The van der Waals surface area contributed by atoms with Gasteiger partial charge in [-0.05, 0) is 24.5 Å². The second-order valence-electron chi connectivity index (χ2n) is 6.82. The number of para-hydroxylation sites is 1. The van der Waals surface area contributed by atoms with Crippen molar-refractivity contribution in [2.24, 2.45) is 5.92 Å². The lowest BCUT2D eigenvalue weighted by Gasteiger charge is -2.25. The van der Waals surface area contributed by atoms with Gasteiger partial charge in [0.1, 0.15) is 6.04 Å². The Morgan fingerprint density at radius 1 is 1.28 bits per heavy atom. The van der Waals surface area contributed by atoms with Gasteiger partial charge < -0.3 is 19.6 Å². The minimum absolute atomic E-state index is 0.111. The van der Waals surface area contributed by atoms with Crippen molar-refractivity contribution in [3.63, 3.8) is 0 Å². The van der Waals surface area contributed by atoms with E-state index in [9.17, 15) is 4.79 Å². The van der Waals surface area contributed by atoms with E-state index in [4.69, 9.17) is 4.52 Å². The smallest absolute Gasteiger partial charge is 0.318 e. The summed E-state index contributed by atoms with van der Waals surface area (Å²) in [5.74, 6) is 1.17. The van der Waals surface area contributed by atoms with Gasteiger partial charge in [0.05, 0.1) is 0 Å². The van der Waals surface area contributed by atoms with Crippen molar-refractivity contribution in [2.75, 3.05) is 25.0 Å². The van der Waals surface area contributed by atoms with E-state index in [1.165, 1.54) is 5.69 Å². The molecule has 1 aromatic carbocycles. The van der Waals surface area contributed by atoms with Crippen molar-refractivity contribution in [1.29, 1.82) is 0 Å². The first-order valence-electron chi connectivity index (χ1n) is 8.60. The van der Waals surface area contributed by atoms with Gasteiger partial charge in [0.15, 0.2) is 5.82 Å². The predicted molar refractivity (Wildman–Crippen MR) is 95.3 cm³/mol. The van der Waals surface area contributed by atoms with Crippen molar-refractivity contribution in [2.45, 2.75) is 33.4 Å². The van der Waals surface area contributed by atoms with E-state index < -0.39 is 0 Å². The number of benzene rings is 1.